The van der Waals surface area contributed by atoms with E-state index in [2.05, 4.69) is 9.97 Å². The third-order valence-corrected chi connectivity index (χ3v) is 2.20. The molecule has 0 amide bonds. The molecule has 2 aromatic heterocycles. The Bertz CT molecular complexity index is 484. The van der Waals surface area contributed by atoms with Crippen LogP contribution in [0.15, 0.2) is 28.9 Å². The van der Waals surface area contributed by atoms with Crippen molar-refractivity contribution in [1.29, 1.82) is 0 Å². The number of aryl methyl sites for hydroxylation is 1. The molecular weight excluding hydrogens is 209 g/mol. The second kappa shape index (κ2) is 4.30. The van der Waals surface area contributed by atoms with Gasteiger partial charge in [-0.25, -0.2) is 9.97 Å². The first-order valence-electron chi connectivity index (χ1n) is 4.89. The lowest BCUT2D eigenvalue weighted by atomic mass is 10.4. The maximum absolute atomic E-state index is 12.9. The zero-order chi connectivity index (χ0) is 11.5. The quantitative estimate of drug-likeness (QED) is 0.745. The molecule has 2 heterocycles. The van der Waals surface area contributed by atoms with Crippen LogP contribution in [-0.2, 0) is 6.54 Å². The van der Waals surface area contributed by atoms with E-state index in [0.29, 0.717) is 12.4 Å². The molecule has 0 aliphatic carbocycles. The first-order valence-corrected chi connectivity index (χ1v) is 4.89. The largest absolute Gasteiger partial charge is 0.464 e. The van der Waals surface area contributed by atoms with Crippen LogP contribution in [-0.4, -0.2) is 17.0 Å². The summed E-state index contributed by atoms with van der Waals surface area (Å²) in [6, 6.07) is 5.07. The fourth-order valence-electron chi connectivity index (χ4n) is 1.42. The Labute approximate surface area is 92.7 Å². The monoisotopic (exact) mass is 221 g/mol. The van der Waals surface area contributed by atoms with Crippen molar-refractivity contribution in [3.05, 3.63) is 42.0 Å². The van der Waals surface area contributed by atoms with Gasteiger partial charge in [0.1, 0.15) is 23.7 Å². The van der Waals surface area contributed by atoms with E-state index < -0.39 is 5.95 Å². The lowest BCUT2D eigenvalue weighted by molar-refractivity contribution is 0.480. The molecular formula is C11H12FN3O. The first kappa shape index (κ1) is 10.6. The maximum Gasteiger partial charge on any atom is 0.218 e. The van der Waals surface area contributed by atoms with Gasteiger partial charge in [-0.1, -0.05) is 0 Å². The van der Waals surface area contributed by atoms with Crippen molar-refractivity contribution < 1.29 is 8.81 Å². The van der Waals surface area contributed by atoms with E-state index in [1.807, 2.05) is 26.1 Å². The van der Waals surface area contributed by atoms with Gasteiger partial charge in [0, 0.05) is 13.1 Å². The molecule has 0 aliphatic rings. The summed E-state index contributed by atoms with van der Waals surface area (Å²) in [7, 11) is 1.82. The molecule has 0 spiro atoms. The van der Waals surface area contributed by atoms with Gasteiger partial charge >= 0.3 is 0 Å². The molecule has 2 aromatic rings. The average molecular weight is 221 g/mol. The molecule has 0 aromatic carbocycles. The van der Waals surface area contributed by atoms with Crippen molar-refractivity contribution >= 4 is 5.82 Å². The summed E-state index contributed by atoms with van der Waals surface area (Å²) in [5, 5.41) is 0. The molecule has 0 atom stereocenters. The number of hydrogen-bond acceptors (Lipinski definition) is 4. The Balaban J connectivity index is 2.11. The van der Waals surface area contributed by atoms with Crippen LogP contribution < -0.4 is 4.90 Å². The molecule has 2 rings (SSSR count). The zero-order valence-electron chi connectivity index (χ0n) is 9.14. The summed E-state index contributed by atoms with van der Waals surface area (Å²) in [5.41, 5.74) is 0. The van der Waals surface area contributed by atoms with Crippen molar-refractivity contribution in [3.63, 3.8) is 0 Å². The van der Waals surface area contributed by atoms with Crippen LogP contribution in [0.3, 0.4) is 0 Å². The first-order chi connectivity index (χ1) is 7.65. The van der Waals surface area contributed by atoms with Crippen molar-refractivity contribution in [3.8, 4) is 0 Å². The highest BCUT2D eigenvalue weighted by Gasteiger charge is 2.07. The van der Waals surface area contributed by atoms with Crippen molar-refractivity contribution in [2.45, 2.75) is 13.5 Å². The van der Waals surface area contributed by atoms with Crippen LogP contribution in [0.1, 0.15) is 11.5 Å². The van der Waals surface area contributed by atoms with E-state index in [4.69, 9.17) is 4.42 Å². The van der Waals surface area contributed by atoms with E-state index in [0.717, 1.165) is 11.5 Å². The molecule has 16 heavy (non-hydrogen) atoms. The number of nitrogens with zero attached hydrogens (tertiary/aromatic N) is 3. The SMILES string of the molecule is Cc1ccc(CN(C)c2cc(F)ncn2)o1. The molecule has 0 bridgehead atoms. The molecule has 5 heteroatoms. The Morgan fingerprint density at radius 1 is 1.38 bits per heavy atom. The Kier molecular flexibility index (Phi) is 2.85. The average Bonchev–Trinajstić information content (AvgIpc) is 2.64. The van der Waals surface area contributed by atoms with Gasteiger partial charge < -0.3 is 9.32 Å². The second-order valence-corrected chi connectivity index (χ2v) is 3.57. The van der Waals surface area contributed by atoms with Crippen LogP contribution in [0.2, 0.25) is 0 Å². The minimum absolute atomic E-state index is 0.529. The van der Waals surface area contributed by atoms with Gasteiger partial charge in [-0.2, -0.15) is 4.39 Å². The summed E-state index contributed by atoms with van der Waals surface area (Å²) >= 11 is 0. The lowest BCUT2D eigenvalue weighted by Crippen LogP contribution is -2.17. The minimum Gasteiger partial charge on any atom is -0.464 e. The molecule has 0 unspecified atom stereocenters. The normalized spacial score (nSPS) is 10.4. The Morgan fingerprint density at radius 3 is 2.81 bits per heavy atom. The van der Waals surface area contributed by atoms with Gasteiger partial charge in [-0.05, 0) is 19.1 Å². The van der Waals surface area contributed by atoms with Crippen LogP contribution in [0, 0.1) is 12.9 Å². The fourth-order valence-corrected chi connectivity index (χ4v) is 1.42. The Hall–Kier alpha value is -1.91. The molecule has 0 saturated heterocycles. The van der Waals surface area contributed by atoms with E-state index in [1.54, 1.807) is 4.90 Å². The number of aromatic nitrogens is 2. The summed E-state index contributed by atoms with van der Waals surface area (Å²) in [6.45, 7) is 2.43. The molecule has 0 saturated carbocycles. The van der Waals surface area contributed by atoms with E-state index in [-0.39, 0.29) is 0 Å². The highest BCUT2D eigenvalue weighted by atomic mass is 19.1. The lowest BCUT2D eigenvalue weighted by Gasteiger charge is -2.15. The highest BCUT2D eigenvalue weighted by Crippen LogP contribution is 2.14. The summed E-state index contributed by atoms with van der Waals surface area (Å²) in [5.74, 6) is 1.67. The van der Waals surface area contributed by atoms with E-state index in [9.17, 15) is 4.39 Å². The molecule has 0 N–H and O–H groups in total. The van der Waals surface area contributed by atoms with E-state index in [1.165, 1.54) is 12.4 Å². The van der Waals surface area contributed by atoms with Gasteiger partial charge in [-0.15, -0.1) is 0 Å². The Morgan fingerprint density at radius 2 is 2.19 bits per heavy atom. The minimum atomic E-state index is -0.535. The summed E-state index contributed by atoms with van der Waals surface area (Å²) in [6.07, 6.45) is 1.20. The smallest absolute Gasteiger partial charge is 0.218 e. The van der Waals surface area contributed by atoms with Crippen molar-refractivity contribution in [2.24, 2.45) is 0 Å². The molecule has 0 radical (unpaired) electrons. The highest BCUT2D eigenvalue weighted by molar-refractivity contribution is 5.36. The molecule has 0 aliphatic heterocycles. The molecule has 4 nitrogen and oxygen atoms in total. The predicted octanol–water partition coefficient (Wildman–Crippen LogP) is 2.15. The summed E-state index contributed by atoms with van der Waals surface area (Å²) in [4.78, 5) is 9.18. The van der Waals surface area contributed by atoms with Crippen molar-refractivity contribution in [1.82, 2.24) is 9.97 Å². The topological polar surface area (TPSA) is 42.2 Å². The van der Waals surface area contributed by atoms with Gasteiger partial charge in [0.25, 0.3) is 0 Å². The molecule has 84 valence electrons. The van der Waals surface area contributed by atoms with Crippen molar-refractivity contribution in [2.75, 3.05) is 11.9 Å². The van der Waals surface area contributed by atoms with Gasteiger partial charge in [-0.3, -0.25) is 0 Å². The number of halogens is 1. The third-order valence-electron chi connectivity index (χ3n) is 2.20. The second-order valence-electron chi connectivity index (χ2n) is 3.57. The third kappa shape index (κ3) is 2.36. The van der Waals surface area contributed by atoms with Gasteiger partial charge in [0.15, 0.2) is 0 Å². The zero-order valence-corrected chi connectivity index (χ0v) is 9.14. The predicted molar refractivity (Wildman–Crippen MR) is 57.5 cm³/mol. The maximum atomic E-state index is 12.9. The van der Waals surface area contributed by atoms with Crippen LogP contribution in [0.25, 0.3) is 0 Å². The molecule has 0 fully saturated rings. The van der Waals surface area contributed by atoms with Crippen LogP contribution in [0.4, 0.5) is 10.2 Å². The summed E-state index contributed by atoms with van der Waals surface area (Å²) < 4.78 is 18.3. The van der Waals surface area contributed by atoms with E-state index >= 15 is 0 Å². The van der Waals surface area contributed by atoms with Crippen LogP contribution >= 0.6 is 0 Å². The number of furan rings is 1. The number of rotatable bonds is 3. The number of hydrogen-bond donors (Lipinski definition) is 0. The number of anilines is 1. The van der Waals surface area contributed by atoms with Crippen LogP contribution in [0.5, 0.6) is 0 Å². The van der Waals surface area contributed by atoms with Gasteiger partial charge in [0.05, 0.1) is 6.54 Å². The fraction of sp³-hybridized carbons (Fsp3) is 0.273. The standard InChI is InChI=1S/C11H12FN3O/c1-8-3-4-9(16-8)6-15(2)11-5-10(12)13-7-14-11/h3-5,7H,6H2,1-2H3. The van der Waals surface area contributed by atoms with Gasteiger partial charge in [0.2, 0.25) is 5.95 Å².